The van der Waals surface area contributed by atoms with Gasteiger partial charge in [-0.2, -0.15) is 10.5 Å². The summed E-state index contributed by atoms with van der Waals surface area (Å²) in [5.41, 5.74) is -1.71. The van der Waals surface area contributed by atoms with E-state index in [1.807, 2.05) is 0 Å². The number of nitrogens with zero attached hydrogens (tertiary/aromatic N) is 2. The number of carbonyl (C=O) groups is 2. The zero-order valence-electron chi connectivity index (χ0n) is 15.8. The molecule has 5 nitrogen and oxygen atoms in total. The molecule has 1 spiro atoms. The number of ketones is 1. The van der Waals surface area contributed by atoms with E-state index >= 15 is 0 Å². The highest BCUT2D eigenvalue weighted by Crippen LogP contribution is 2.59. The first-order valence-corrected chi connectivity index (χ1v) is 9.81. The highest BCUT2D eigenvalue weighted by molar-refractivity contribution is 6.10. The fourth-order valence-corrected chi connectivity index (χ4v) is 4.88. The van der Waals surface area contributed by atoms with Crippen LogP contribution in [0.2, 0.25) is 0 Å². The Kier molecular flexibility index (Phi) is 5.33. The predicted molar refractivity (Wildman–Crippen MR) is 102 cm³/mol. The largest absolute Gasteiger partial charge is 0.325 e. The number of Topliss-reactive ketones (excluding diaryl/α,β-unsaturated/α-hetero) is 1. The Balaban J connectivity index is 2.01. The first-order chi connectivity index (χ1) is 13.1. The maximum Gasteiger partial charge on any atom is 0.238 e. The molecule has 1 heterocycles. The van der Waals surface area contributed by atoms with Crippen molar-refractivity contribution in [2.45, 2.75) is 63.7 Å². The topological polar surface area (TPSA) is 93.8 Å². The second-order valence-corrected chi connectivity index (χ2v) is 7.76. The number of benzene rings is 1. The van der Waals surface area contributed by atoms with E-state index in [4.69, 9.17) is 0 Å². The molecule has 0 radical (unpaired) electrons. The number of fused-ring (bicyclic) bond motifs is 2. The molecule has 1 saturated carbocycles. The van der Waals surface area contributed by atoms with Crippen molar-refractivity contribution in [1.82, 2.24) is 0 Å². The normalized spacial score (nSPS) is 25.5. The lowest BCUT2D eigenvalue weighted by Crippen LogP contribution is -2.57. The van der Waals surface area contributed by atoms with Crippen LogP contribution in [0.3, 0.4) is 0 Å². The Labute approximate surface area is 160 Å². The van der Waals surface area contributed by atoms with Crippen LogP contribution in [-0.4, -0.2) is 11.7 Å². The molecule has 1 aromatic rings. The standard InChI is InChI=1S/C22H25N3O2/c1-2-3-4-5-6-9-16-12-17(26)13-22(21(16,14-23)15-24)18-10-7-8-11-19(18)25-20(22)27/h7-8,10-11,16H,2-6,9,12-13H2,1H3,(H,25,27)/t16-,22-/m0/s1. The number of carbonyl (C=O) groups excluding carboxylic acids is 2. The SMILES string of the molecule is CCCCCCC[C@H]1CC(=O)C[C@]2(C(=O)Nc3ccccc32)C1(C#N)C#N. The molecule has 1 N–H and O–H groups in total. The van der Waals surface area contributed by atoms with Gasteiger partial charge in [-0.1, -0.05) is 57.2 Å². The van der Waals surface area contributed by atoms with E-state index < -0.39 is 22.7 Å². The van der Waals surface area contributed by atoms with E-state index in [2.05, 4.69) is 24.4 Å². The highest BCUT2D eigenvalue weighted by Gasteiger charge is 2.68. The maximum absolute atomic E-state index is 13.1. The van der Waals surface area contributed by atoms with Crippen LogP contribution in [0.1, 0.15) is 63.9 Å². The minimum atomic E-state index is -1.53. The van der Waals surface area contributed by atoms with Crippen molar-refractivity contribution < 1.29 is 9.59 Å². The summed E-state index contributed by atoms with van der Waals surface area (Å²) in [6.45, 7) is 2.15. The number of nitrogens with one attached hydrogen (secondary N) is 1. The van der Waals surface area contributed by atoms with Crippen LogP contribution in [0.15, 0.2) is 24.3 Å². The molecule has 2 atom stereocenters. The first kappa shape index (κ1) is 19.1. The van der Waals surface area contributed by atoms with Gasteiger partial charge in [0.1, 0.15) is 11.2 Å². The average molecular weight is 363 g/mol. The minimum absolute atomic E-state index is 0.0402. The molecule has 27 heavy (non-hydrogen) atoms. The molecule has 1 fully saturated rings. The molecule has 5 heteroatoms. The molecule has 1 aliphatic carbocycles. The van der Waals surface area contributed by atoms with Gasteiger partial charge >= 0.3 is 0 Å². The molecular weight excluding hydrogens is 338 g/mol. The Morgan fingerprint density at radius 2 is 1.81 bits per heavy atom. The van der Waals surface area contributed by atoms with Gasteiger partial charge in [-0.25, -0.2) is 0 Å². The summed E-state index contributed by atoms with van der Waals surface area (Å²) in [7, 11) is 0. The van der Waals surface area contributed by atoms with Gasteiger partial charge in [0.15, 0.2) is 5.41 Å². The number of anilines is 1. The van der Waals surface area contributed by atoms with Crippen molar-refractivity contribution in [3.63, 3.8) is 0 Å². The lowest BCUT2D eigenvalue weighted by atomic mass is 9.49. The van der Waals surface area contributed by atoms with Gasteiger partial charge in [0.25, 0.3) is 0 Å². The van der Waals surface area contributed by atoms with Crippen LogP contribution in [0, 0.1) is 34.0 Å². The number of hydrogen-bond donors (Lipinski definition) is 1. The second kappa shape index (κ2) is 7.53. The fraction of sp³-hybridized carbons (Fsp3) is 0.545. The zero-order valence-corrected chi connectivity index (χ0v) is 15.8. The number of para-hydroxylation sites is 1. The summed E-state index contributed by atoms with van der Waals surface area (Å²) in [4.78, 5) is 25.7. The molecule has 0 unspecified atom stereocenters. The van der Waals surface area contributed by atoms with Gasteiger partial charge in [0.05, 0.1) is 12.1 Å². The van der Waals surface area contributed by atoms with Crippen LogP contribution in [0.25, 0.3) is 0 Å². The van der Waals surface area contributed by atoms with Gasteiger partial charge in [0.2, 0.25) is 5.91 Å². The van der Waals surface area contributed by atoms with E-state index in [0.29, 0.717) is 17.7 Å². The minimum Gasteiger partial charge on any atom is -0.325 e. The summed E-state index contributed by atoms with van der Waals surface area (Å²) >= 11 is 0. The van der Waals surface area contributed by atoms with Crippen LogP contribution < -0.4 is 5.32 Å². The summed E-state index contributed by atoms with van der Waals surface area (Å²) in [5, 5.41) is 23.1. The van der Waals surface area contributed by atoms with Crippen LogP contribution in [0.5, 0.6) is 0 Å². The van der Waals surface area contributed by atoms with Crippen LogP contribution in [0.4, 0.5) is 5.69 Å². The zero-order chi connectivity index (χ0) is 19.5. The molecule has 1 aromatic carbocycles. The van der Waals surface area contributed by atoms with Gasteiger partial charge < -0.3 is 5.32 Å². The summed E-state index contributed by atoms with van der Waals surface area (Å²) < 4.78 is 0. The predicted octanol–water partition coefficient (Wildman–Crippen LogP) is 4.25. The molecule has 0 aromatic heterocycles. The average Bonchev–Trinajstić information content (AvgIpc) is 2.95. The molecule has 1 aliphatic heterocycles. The van der Waals surface area contributed by atoms with Crippen molar-refractivity contribution in [3.05, 3.63) is 29.8 Å². The van der Waals surface area contributed by atoms with Gasteiger partial charge in [-0.3, -0.25) is 9.59 Å². The number of hydrogen-bond acceptors (Lipinski definition) is 4. The quantitative estimate of drug-likeness (QED) is 0.765. The number of amides is 1. The lowest BCUT2D eigenvalue weighted by molar-refractivity contribution is -0.136. The highest BCUT2D eigenvalue weighted by atomic mass is 16.2. The van der Waals surface area contributed by atoms with Crippen molar-refractivity contribution in [1.29, 1.82) is 10.5 Å². The molecule has 2 aliphatic rings. The molecular formula is C22H25N3O2. The second-order valence-electron chi connectivity index (χ2n) is 7.76. The maximum atomic E-state index is 13.1. The third-order valence-corrected chi connectivity index (χ3v) is 6.25. The van der Waals surface area contributed by atoms with E-state index in [-0.39, 0.29) is 18.6 Å². The van der Waals surface area contributed by atoms with Crippen LogP contribution >= 0.6 is 0 Å². The Hall–Kier alpha value is -2.66. The van der Waals surface area contributed by atoms with Gasteiger partial charge in [-0.05, 0) is 24.0 Å². The van der Waals surface area contributed by atoms with Crippen LogP contribution in [-0.2, 0) is 15.0 Å². The molecule has 140 valence electrons. The molecule has 0 saturated heterocycles. The number of nitriles is 2. The van der Waals surface area contributed by atoms with E-state index in [1.54, 1.807) is 24.3 Å². The first-order valence-electron chi connectivity index (χ1n) is 9.81. The van der Waals surface area contributed by atoms with E-state index in [0.717, 1.165) is 32.1 Å². The smallest absolute Gasteiger partial charge is 0.238 e. The van der Waals surface area contributed by atoms with E-state index in [1.165, 1.54) is 0 Å². The van der Waals surface area contributed by atoms with Crippen molar-refractivity contribution in [2.24, 2.45) is 11.3 Å². The Bertz CT molecular complexity index is 819. The van der Waals surface area contributed by atoms with Crippen molar-refractivity contribution in [2.75, 3.05) is 5.32 Å². The van der Waals surface area contributed by atoms with Crippen molar-refractivity contribution >= 4 is 17.4 Å². The number of rotatable bonds is 6. The monoisotopic (exact) mass is 363 g/mol. The van der Waals surface area contributed by atoms with Gasteiger partial charge in [-0.15, -0.1) is 0 Å². The van der Waals surface area contributed by atoms with E-state index in [9.17, 15) is 20.1 Å². The molecule has 0 bridgehead atoms. The molecule has 3 rings (SSSR count). The van der Waals surface area contributed by atoms with Gasteiger partial charge in [0, 0.05) is 18.5 Å². The Morgan fingerprint density at radius 3 is 2.52 bits per heavy atom. The summed E-state index contributed by atoms with van der Waals surface area (Å²) in [5.74, 6) is -0.857. The molecule has 1 amide bonds. The fourth-order valence-electron chi connectivity index (χ4n) is 4.88. The number of unbranched alkanes of at least 4 members (excludes halogenated alkanes) is 4. The summed E-state index contributed by atoms with van der Waals surface area (Å²) in [6, 6.07) is 11.6. The van der Waals surface area contributed by atoms with Crippen molar-refractivity contribution in [3.8, 4) is 12.1 Å². The third-order valence-electron chi connectivity index (χ3n) is 6.25. The summed E-state index contributed by atoms with van der Waals surface area (Å²) in [6.07, 6.45) is 6.03. The Morgan fingerprint density at radius 1 is 1.11 bits per heavy atom. The third kappa shape index (κ3) is 2.82. The lowest BCUT2D eigenvalue weighted by Gasteiger charge is -2.46.